The third kappa shape index (κ3) is 3.27. The van der Waals surface area contributed by atoms with Crippen LogP contribution in [0.25, 0.3) is 0 Å². The summed E-state index contributed by atoms with van der Waals surface area (Å²) in [5.41, 5.74) is 0.657. The highest BCUT2D eigenvalue weighted by atomic mass is 35.5. The molecule has 0 radical (unpaired) electrons. The monoisotopic (exact) mass is 270 g/mol. The van der Waals surface area contributed by atoms with E-state index in [2.05, 4.69) is 10.6 Å². The molecule has 6 heteroatoms. The van der Waals surface area contributed by atoms with Crippen molar-refractivity contribution in [1.82, 2.24) is 10.6 Å². The number of piperidine rings is 1. The molecule has 0 aromatic heterocycles. The molecule has 1 fully saturated rings. The van der Waals surface area contributed by atoms with Crippen LogP contribution in [0.5, 0.6) is 0 Å². The van der Waals surface area contributed by atoms with Crippen molar-refractivity contribution in [2.45, 2.75) is 25.4 Å². The quantitative estimate of drug-likeness (QED) is 0.816. The number of imide groups is 1. The van der Waals surface area contributed by atoms with Crippen molar-refractivity contribution in [1.29, 1.82) is 0 Å². The molecule has 18 heavy (non-hydrogen) atoms. The largest absolute Gasteiger partial charge is 0.302 e. The van der Waals surface area contributed by atoms with Gasteiger partial charge in [-0.25, -0.2) is 4.39 Å². The van der Waals surface area contributed by atoms with E-state index in [1.807, 2.05) is 0 Å². The standard InChI is InChI=1S/C12H12ClFN2O2/c13-8-3-7(4-9(14)5-8)6-15-10-1-2-11(17)16-12(10)18/h3-5,10,15H,1-2,6H2,(H,16,17,18). The maximum atomic E-state index is 13.1. The molecular weight excluding hydrogens is 259 g/mol. The first-order chi connectivity index (χ1) is 8.54. The fourth-order valence-corrected chi connectivity index (χ4v) is 2.09. The van der Waals surface area contributed by atoms with Gasteiger partial charge in [0.2, 0.25) is 11.8 Å². The van der Waals surface area contributed by atoms with Crippen LogP contribution in [0.1, 0.15) is 18.4 Å². The molecular formula is C12H12ClFN2O2. The highest BCUT2D eigenvalue weighted by Crippen LogP contribution is 2.14. The molecule has 1 aliphatic heterocycles. The fraction of sp³-hybridized carbons (Fsp3) is 0.333. The van der Waals surface area contributed by atoms with Gasteiger partial charge >= 0.3 is 0 Å². The molecule has 1 unspecified atom stereocenters. The maximum absolute atomic E-state index is 13.1. The third-order valence-electron chi connectivity index (χ3n) is 2.71. The number of hydrogen-bond donors (Lipinski definition) is 2. The van der Waals surface area contributed by atoms with Gasteiger partial charge in [-0.15, -0.1) is 0 Å². The molecule has 1 heterocycles. The smallest absolute Gasteiger partial charge is 0.243 e. The average molecular weight is 271 g/mol. The molecule has 1 saturated heterocycles. The highest BCUT2D eigenvalue weighted by Gasteiger charge is 2.25. The number of carbonyl (C=O) groups excluding carboxylic acids is 2. The first-order valence-corrected chi connectivity index (χ1v) is 5.94. The Morgan fingerprint density at radius 1 is 1.39 bits per heavy atom. The summed E-state index contributed by atoms with van der Waals surface area (Å²) in [7, 11) is 0. The van der Waals surface area contributed by atoms with E-state index in [1.165, 1.54) is 12.1 Å². The van der Waals surface area contributed by atoms with Crippen molar-refractivity contribution in [2.75, 3.05) is 0 Å². The summed E-state index contributed by atoms with van der Waals surface area (Å²) in [5, 5.41) is 5.54. The second-order valence-corrected chi connectivity index (χ2v) is 4.60. The van der Waals surface area contributed by atoms with E-state index in [0.717, 1.165) is 0 Å². The second-order valence-electron chi connectivity index (χ2n) is 4.16. The van der Waals surface area contributed by atoms with E-state index in [-0.39, 0.29) is 11.8 Å². The van der Waals surface area contributed by atoms with Crippen molar-refractivity contribution in [3.63, 3.8) is 0 Å². The van der Waals surface area contributed by atoms with Crippen LogP contribution in [0.3, 0.4) is 0 Å². The number of carbonyl (C=O) groups is 2. The van der Waals surface area contributed by atoms with Crippen molar-refractivity contribution in [3.05, 3.63) is 34.6 Å². The predicted octanol–water partition coefficient (Wildman–Crippen LogP) is 1.37. The zero-order valence-corrected chi connectivity index (χ0v) is 10.3. The summed E-state index contributed by atoms with van der Waals surface area (Å²) in [6, 6.07) is 3.77. The molecule has 0 aliphatic carbocycles. The zero-order valence-electron chi connectivity index (χ0n) is 9.50. The van der Waals surface area contributed by atoms with Gasteiger partial charge in [0.1, 0.15) is 5.82 Å². The van der Waals surface area contributed by atoms with Crippen LogP contribution < -0.4 is 10.6 Å². The van der Waals surface area contributed by atoms with Crippen LogP contribution in [0.15, 0.2) is 18.2 Å². The van der Waals surface area contributed by atoms with E-state index in [9.17, 15) is 14.0 Å². The highest BCUT2D eigenvalue weighted by molar-refractivity contribution is 6.30. The van der Waals surface area contributed by atoms with Crippen LogP contribution in [-0.4, -0.2) is 17.9 Å². The van der Waals surface area contributed by atoms with Gasteiger partial charge in [0.05, 0.1) is 6.04 Å². The summed E-state index contributed by atoms with van der Waals surface area (Å²) < 4.78 is 13.1. The Balaban J connectivity index is 1.95. The molecule has 1 aromatic rings. The molecule has 2 amide bonds. The molecule has 0 spiro atoms. The van der Waals surface area contributed by atoms with Gasteiger partial charge in [-0.3, -0.25) is 14.9 Å². The van der Waals surface area contributed by atoms with Gasteiger partial charge in [0, 0.05) is 18.0 Å². The van der Waals surface area contributed by atoms with E-state index in [1.54, 1.807) is 6.07 Å². The molecule has 1 aromatic carbocycles. The minimum Gasteiger partial charge on any atom is -0.302 e. The number of hydrogen-bond acceptors (Lipinski definition) is 3. The van der Waals surface area contributed by atoms with Gasteiger partial charge in [0.25, 0.3) is 0 Å². The Morgan fingerprint density at radius 2 is 2.17 bits per heavy atom. The van der Waals surface area contributed by atoms with Gasteiger partial charge < -0.3 is 5.32 Å². The van der Waals surface area contributed by atoms with Gasteiger partial charge in [-0.1, -0.05) is 11.6 Å². The van der Waals surface area contributed by atoms with Gasteiger partial charge in [-0.05, 0) is 30.2 Å². The molecule has 1 atom stereocenters. The molecule has 2 N–H and O–H groups in total. The minimum atomic E-state index is -0.426. The van der Waals surface area contributed by atoms with E-state index in [4.69, 9.17) is 11.6 Å². The topological polar surface area (TPSA) is 58.2 Å². The predicted molar refractivity (Wildman–Crippen MR) is 64.4 cm³/mol. The summed E-state index contributed by atoms with van der Waals surface area (Å²) >= 11 is 5.73. The van der Waals surface area contributed by atoms with Crippen LogP contribution in [0, 0.1) is 5.82 Å². The SMILES string of the molecule is O=C1CCC(NCc2cc(F)cc(Cl)c2)C(=O)N1. The Hall–Kier alpha value is -1.46. The number of amides is 2. The summed E-state index contributed by atoms with van der Waals surface area (Å²) in [5.74, 6) is -1.01. The summed E-state index contributed by atoms with van der Waals surface area (Å²) in [6.45, 7) is 0.323. The number of rotatable bonds is 3. The molecule has 0 bridgehead atoms. The molecule has 96 valence electrons. The van der Waals surface area contributed by atoms with Crippen LogP contribution in [-0.2, 0) is 16.1 Å². The van der Waals surface area contributed by atoms with E-state index < -0.39 is 11.9 Å². The van der Waals surface area contributed by atoms with Crippen LogP contribution in [0.4, 0.5) is 4.39 Å². The lowest BCUT2D eigenvalue weighted by Crippen LogP contribution is -2.50. The van der Waals surface area contributed by atoms with Gasteiger partial charge in [0.15, 0.2) is 0 Å². The van der Waals surface area contributed by atoms with Crippen molar-refractivity contribution >= 4 is 23.4 Å². The first-order valence-electron chi connectivity index (χ1n) is 5.56. The zero-order chi connectivity index (χ0) is 13.1. The van der Waals surface area contributed by atoms with Crippen LogP contribution >= 0.6 is 11.6 Å². The summed E-state index contributed by atoms with van der Waals surface area (Å²) in [6.07, 6.45) is 0.765. The lowest BCUT2D eigenvalue weighted by molar-refractivity contribution is -0.134. The third-order valence-corrected chi connectivity index (χ3v) is 2.93. The maximum Gasteiger partial charge on any atom is 0.243 e. The van der Waals surface area contributed by atoms with Crippen molar-refractivity contribution in [2.24, 2.45) is 0 Å². The Morgan fingerprint density at radius 3 is 2.83 bits per heavy atom. The van der Waals surface area contributed by atoms with E-state index in [0.29, 0.717) is 30.0 Å². The number of nitrogens with one attached hydrogen (secondary N) is 2. The minimum absolute atomic E-state index is 0.258. The molecule has 4 nitrogen and oxygen atoms in total. The average Bonchev–Trinajstić information content (AvgIpc) is 2.26. The first kappa shape index (κ1) is 13.0. The Bertz CT molecular complexity index is 473. The molecule has 0 saturated carbocycles. The number of benzene rings is 1. The van der Waals surface area contributed by atoms with Crippen molar-refractivity contribution < 1.29 is 14.0 Å². The Labute approximate surface area is 109 Å². The molecule has 1 aliphatic rings. The van der Waals surface area contributed by atoms with Gasteiger partial charge in [-0.2, -0.15) is 0 Å². The summed E-state index contributed by atoms with van der Waals surface area (Å²) in [4.78, 5) is 22.4. The number of halogens is 2. The Kier molecular flexibility index (Phi) is 3.93. The van der Waals surface area contributed by atoms with Crippen molar-refractivity contribution in [3.8, 4) is 0 Å². The molecule has 2 rings (SSSR count). The lowest BCUT2D eigenvalue weighted by Gasteiger charge is -2.21. The lowest BCUT2D eigenvalue weighted by atomic mass is 10.1. The second kappa shape index (κ2) is 5.46. The van der Waals surface area contributed by atoms with E-state index >= 15 is 0 Å². The normalized spacial score (nSPS) is 19.8. The van der Waals surface area contributed by atoms with Crippen LogP contribution in [0.2, 0.25) is 5.02 Å². The fourth-order valence-electron chi connectivity index (χ4n) is 1.84.